The van der Waals surface area contributed by atoms with Crippen LogP contribution in [0.1, 0.15) is 94.3 Å². The highest BCUT2D eigenvalue weighted by Gasteiger charge is 2.33. The van der Waals surface area contributed by atoms with E-state index in [0.717, 1.165) is 67.1 Å². The van der Waals surface area contributed by atoms with Gasteiger partial charge >= 0.3 is 35.8 Å². The van der Waals surface area contributed by atoms with Crippen LogP contribution in [0.25, 0.3) is 32.7 Å². The van der Waals surface area contributed by atoms with Gasteiger partial charge < -0.3 is 28.4 Å². The van der Waals surface area contributed by atoms with Crippen LogP contribution in [0.15, 0.2) is 170 Å². The number of rotatable bonds is 20. The Labute approximate surface area is 437 Å². The Hall–Kier alpha value is -9.30. The fraction of sp³-hybridized carbons (Fsp3) is 0.194. The van der Waals surface area contributed by atoms with Crippen LogP contribution in [-0.2, 0) is 47.7 Å². The molecule has 0 fully saturated rings. The molecule has 0 heterocycles. The van der Waals surface area contributed by atoms with Crippen LogP contribution < -0.4 is 9.47 Å². The highest BCUT2D eigenvalue weighted by Crippen LogP contribution is 2.45. The second kappa shape index (κ2) is 24.2. The first-order chi connectivity index (χ1) is 36.7. The largest absolute Gasteiger partial charge is 0.462 e. The van der Waals surface area contributed by atoms with Crippen molar-refractivity contribution >= 4 is 80.1 Å². The zero-order valence-corrected chi connectivity index (χ0v) is 41.8. The Balaban J connectivity index is 1.00. The predicted molar refractivity (Wildman–Crippen MR) is 283 cm³/mol. The first-order valence-corrected chi connectivity index (χ1v) is 24.5. The van der Waals surface area contributed by atoms with Crippen LogP contribution in [0.5, 0.6) is 11.5 Å². The number of Topliss-reactive ketones (excluding diaryl/α,β-unsaturated/α-hetero) is 2. The minimum Gasteiger partial charge on any atom is -0.462 e. The number of carbonyl (C=O) groups excluding carboxylic acids is 8. The number of ketones is 2. The van der Waals surface area contributed by atoms with Gasteiger partial charge in [-0.25, -0.2) is 9.59 Å². The van der Waals surface area contributed by atoms with Crippen LogP contribution in [0.3, 0.4) is 0 Å². The van der Waals surface area contributed by atoms with E-state index in [0.29, 0.717) is 33.8 Å². The second-order valence-corrected chi connectivity index (χ2v) is 17.9. The van der Waals surface area contributed by atoms with Gasteiger partial charge in [0.1, 0.15) is 37.9 Å². The molecule has 8 rings (SSSR count). The Kier molecular flexibility index (Phi) is 16.8. The van der Waals surface area contributed by atoms with E-state index >= 15 is 0 Å². The molecule has 0 aromatic heterocycles. The fourth-order valence-electron chi connectivity index (χ4n) is 8.97. The summed E-state index contributed by atoms with van der Waals surface area (Å²) in [4.78, 5) is 101. The average molecular weight is 1020 g/mol. The predicted octanol–water partition coefficient (Wildman–Crippen LogP) is 10.7. The smallest absolute Gasteiger partial charge is 0.330 e. The molecule has 14 heteroatoms. The third-order valence-electron chi connectivity index (χ3n) is 13.0. The summed E-state index contributed by atoms with van der Waals surface area (Å²) in [6.07, 6.45) is 5.04. The highest BCUT2D eigenvalue weighted by molar-refractivity contribution is 6.24. The monoisotopic (exact) mass is 1020 g/mol. The zero-order chi connectivity index (χ0) is 53.9. The molecule has 0 saturated heterocycles. The first-order valence-electron chi connectivity index (χ1n) is 24.5. The Morgan fingerprint density at radius 3 is 1.17 bits per heavy atom. The molecule has 0 N–H and O–H groups in total. The molecule has 6 aromatic rings. The van der Waals surface area contributed by atoms with Crippen LogP contribution >= 0.6 is 0 Å². The van der Waals surface area contributed by atoms with Gasteiger partial charge in [0, 0.05) is 46.3 Å². The van der Waals surface area contributed by atoms with Gasteiger partial charge in [-0.15, -0.1) is 0 Å². The van der Waals surface area contributed by atoms with Crippen LogP contribution in [0.2, 0.25) is 0 Å². The molecule has 2 aliphatic carbocycles. The molecular formula is C62H52O14. The highest BCUT2D eigenvalue weighted by atomic mass is 16.6. The summed E-state index contributed by atoms with van der Waals surface area (Å²) in [5, 5.41) is 3.28. The molecule has 6 aromatic carbocycles. The van der Waals surface area contributed by atoms with Gasteiger partial charge in [0.05, 0.1) is 25.7 Å². The van der Waals surface area contributed by atoms with Crippen LogP contribution in [0, 0.1) is 0 Å². The summed E-state index contributed by atoms with van der Waals surface area (Å²) >= 11 is 0. The molecular weight excluding hydrogens is 969 g/mol. The number of carbonyl (C=O) groups is 8. The minimum absolute atomic E-state index is 0.108. The van der Waals surface area contributed by atoms with E-state index in [1.54, 1.807) is 24.3 Å². The van der Waals surface area contributed by atoms with E-state index in [1.807, 2.05) is 123 Å². The van der Waals surface area contributed by atoms with Gasteiger partial charge in [0.2, 0.25) is 0 Å². The molecule has 0 bridgehead atoms. The van der Waals surface area contributed by atoms with Gasteiger partial charge in [-0.1, -0.05) is 124 Å². The molecule has 2 aliphatic rings. The lowest BCUT2D eigenvalue weighted by Crippen LogP contribution is -2.19. The molecule has 76 heavy (non-hydrogen) atoms. The Bertz CT molecular complexity index is 3240. The lowest BCUT2D eigenvalue weighted by atomic mass is 9.74. The molecule has 0 spiro atoms. The van der Waals surface area contributed by atoms with Crippen molar-refractivity contribution in [2.75, 3.05) is 26.4 Å². The van der Waals surface area contributed by atoms with Crippen LogP contribution in [0.4, 0.5) is 0 Å². The van der Waals surface area contributed by atoms with Gasteiger partial charge in [0.25, 0.3) is 0 Å². The molecule has 14 nitrogen and oxygen atoms in total. The number of esters is 6. The van der Waals surface area contributed by atoms with Crippen molar-refractivity contribution < 1.29 is 66.8 Å². The molecule has 384 valence electrons. The summed E-state index contributed by atoms with van der Waals surface area (Å²) in [7, 11) is 0. The molecule has 2 unspecified atom stereocenters. The fourth-order valence-corrected chi connectivity index (χ4v) is 8.97. The number of fused-ring (bicyclic) bond motifs is 4. The molecule has 2 atom stereocenters. The Morgan fingerprint density at radius 2 is 0.776 bits per heavy atom. The second-order valence-electron chi connectivity index (χ2n) is 17.9. The number of allylic oxidation sites excluding steroid dienone is 6. The normalized spacial score (nSPS) is 14.4. The number of hydrogen-bond acceptors (Lipinski definition) is 14. The standard InChI is InChI=1S/C62H52O14/c1-5-55(63)71-27-29-73-57(65)23-25-59(67)75-45-21-19-41-31-39(15-17-43(41)33-45)37(3)51-35-53(47-11-7-9-13-49(47)61(51)69)54-36-52(62(70)50-14-10-8-12-48(50)54)38(4)40-16-18-44-34-46(22-20-42(44)32-40)76-60(68)26-24-58(66)74-30-28-72-56(64)6-2/h5-22,31-38H,1-2,23-30H2,3-4H3/b54-53+. The average Bonchev–Trinajstić information content (AvgIpc) is 3.50. The zero-order valence-electron chi connectivity index (χ0n) is 41.8. The first kappa shape index (κ1) is 53.0. The van der Waals surface area contributed by atoms with Crippen molar-refractivity contribution in [2.24, 2.45) is 0 Å². The Morgan fingerprint density at radius 1 is 0.434 bits per heavy atom. The molecule has 0 radical (unpaired) electrons. The van der Waals surface area contributed by atoms with E-state index in [2.05, 4.69) is 13.2 Å². The molecule has 0 aliphatic heterocycles. The van der Waals surface area contributed by atoms with E-state index in [9.17, 15) is 38.4 Å². The lowest BCUT2D eigenvalue weighted by molar-refractivity contribution is -0.151. The SMILES string of the molecule is C=CC(=O)OCCOC(=O)CCC(=O)Oc1ccc2cc(C(C)C3=C/C(=C4/C=C(C(C)c5ccc6cc(OC(=O)CCC(=O)OCCOC(=O)C=C)ccc6c5)C(=O)c5ccccc54)c4ccccc4C3=O)ccc2c1. The maximum Gasteiger partial charge on any atom is 0.330 e. The third kappa shape index (κ3) is 12.5. The summed E-state index contributed by atoms with van der Waals surface area (Å²) in [6.45, 7) is 10.0. The van der Waals surface area contributed by atoms with Gasteiger partial charge in [-0.2, -0.15) is 0 Å². The lowest BCUT2D eigenvalue weighted by Gasteiger charge is -2.28. The van der Waals surface area contributed by atoms with E-state index in [-0.39, 0.29) is 75.5 Å². The molecule has 0 saturated carbocycles. The van der Waals surface area contributed by atoms with Gasteiger partial charge in [0.15, 0.2) is 11.6 Å². The van der Waals surface area contributed by atoms with Gasteiger partial charge in [-0.05, 0) is 91.4 Å². The molecule has 0 amide bonds. The topological polar surface area (TPSA) is 192 Å². The number of hydrogen-bond donors (Lipinski definition) is 0. The van der Waals surface area contributed by atoms with Crippen molar-refractivity contribution in [3.63, 3.8) is 0 Å². The third-order valence-corrected chi connectivity index (χ3v) is 13.0. The van der Waals surface area contributed by atoms with Crippen molar-refractivity contribution in [3.8, 4) is 11.5 Å². The minimum atomic E-state index is -0.637. The number of benzene rings is 6. The summed E-state index contributed by atoms with van der Waals surface area (Å²) in [5.74, 6) is -4.15. The quantitative estimate of drug-likeness (QED) is 0.0231. The van der Waals surface area contributed by atoms with Gasteiger partial charge in [-0.3, -0.25) is 28.8 Å². The van der Waals surface area contributed by atoms with Crippen molar-refractivity contribution in [1.29, 1.82) is 0 Å². The maximum atomic E-state index is 14.5. The van der Waals surface area contributed by atoms with Crippen molar-refractivity contribution in [3.05, 3.63) is 203 Å². The maximum absolute atomic E-state index is 14.5. The summed E-state index contributed by atoms with van der Waals surface area (Å²) in [5.41, 5.74) is 7.11. The van der Waals surface area contributed by atoms with E-state index < -0.39 is 35.8 Å². The number of ether oxygens (including phenoxy) is 6. The van der Waals surface area contributed by atoms with E-state index in [4.69, 9.17) is 28.4 Å². The van der Waals surface area contributed by atoms with Crippen molar-refractivity contribution in [1.82, 2.24) is 0 Å². The van der Waals surface area contributed by atoms with Crippen LogP contribution in [-0.4, -0.2) is 73.8 Å². The summed E-state index contributed by atoms with van der Waals surface area (Å²) < 4.78 is 30.6. The van der Waals surface area contributed by atoms with Crippen molar-refractivity contribution in [2.45, 2.75) is 51.4 Å². The van der Waals surface area contributed by atoms with E-state index in [1.165, 1.54) is 0 Å². The summed E-state index contributed by atoms with van der Waals surface area (Å²) in [6, 6.07) is 37.1.